The van der Waals surface area contributed by atoms with Crippen LogP contribution >= 0.6 is 0 Å². The Bertz CT molecular complexity index is 1030. The van der Waals surface area contributed by atoms with Crippen LogP contribution < -0.4 is 5.32 Å². The molecular weight excluding hydrogens is 370 g/mol. The average molecular weight is 391 g/mol. The van der Waals surface area contributed by atoms with Crippen molar-refractivity contribution in [2.75, 3.05) is 31.6 Å². The van der Waals surface area contributed by atoms with Gasteiger partial charge in [-0.2, -0.15) is 0 Å². The molecule has 2 aromatic carbocycles. The summed E-state index contributed by atoms with van der Waals surface area (Å²) in [5.74, 6) is -0.447. The summed E-state index contributed by atoms with van der Waals surface area (Å²) < 4.78 is 6.85. The topological polar surface area (TPSA) is 89.3 Å². The number of aromatic nitrogens is 3. The lowest BCUT2D eigenvalue weighted by Crippen LogP contribution is -2.41. The van der Waals surface area contributed by atoms with Gasteiger partial charge in [-0.15, -0.1) is 5.10 Å². The third-order valence-electron chi connectivity index (χ3n) is 4.74. The van der Waals surface area contributed by atoms with E-state index in [-0.39, 0.29) is 11.7 Å². The number of carbonyl (C=O) groups excluding carboxylic acids is 2. The third kappa shape index (κ3) is 4.17. The highest BCUT2D eigenvalue weighted by atomic mass is 16.5. The van der Waals surface area contributed by atoms with Crippen LogP contribution in [0, 0.1) is 6.92 Å². The predicted octanol–water partition coefficient (Wildman–Crippen LogP) is 2.30. The molecule has 1 aliphatic heterocycles. The summed E-state index contributed by atoms with van der Waals surface area (Å²) in [7, 11) is 0. The van der Waals surface area contributed by atoms with E-state index in [2.05, 4.69) is 15.4 Å². The van der Waals surface area contributed by atoms with Crippen LogP contribution in [0.3, 0.4) is 0 Å². The van der Waals surface area contributed by atoms with Crippen LogP contribution in [-0.2, 0) is 4.74 Å². The lowest BCUT2D eigenvalue weighted by Gasteiger charge is -2.27. The number of rotatable bonds is 4. The van der Waals surface area contributed by atoms with Gasteiger partial charge in [-0.05, 0) is 36.8 Å². The van der Waals surface area contributed by atoms with E-state index in [1.54, 1.807) is 17.0 Å². The standard InChI is InChI=1S/C21H21N5O3/c1-15-7-8-16(13-18(15)21(28)25-9-11-29-12-10-25)23-20(27)19-22-14-26(24-19)17-5-3-2-4-6-17/h2-8,13-14H,9-12H2,1H3,(H,23,27). The second kappa shape index (κ2) is 8.24. The van der Waals surface area contributed by atoms with Crippen LogP contribution in [0.25, 0.3) is 5.69 Å². The maximum atomic E-state index is 12.8. The zero-order chi connectivity index (χ0) is 20.2. The van der Waals surface area contributed by atoms with E-state index in [0.717, 1.165) is 11.3 Å². The minimum atomic E-state index is -0.437. The molecule has 1 saturated heterocycles. The van der Waals surface area contributed by atoms with Crippen molar-refractivity contribution in [1.29, 1.82) is 0 Å². The Labute approximate surface area is 168 Å². The van der Waals surface area contributed by atoms with Gasteiger partial charge in [0.1, 0.15) is 6.33 Å². The van der Waals surface area contributed by atoms with E-state index in [1.807, 2.05) is 43.3 Å². The Hall–Kier alpha value is -3.52. The number of amides is 2. The number of morpholine rings is 1. The van der Waals surface area contributed by atoms with Gasteiger partial charge in [0, 0.05) is 24.3 Å². The Morgan fingerprint density at radius 2 is 1.83 bits per heavy atom. The van der Waals surface area contributed by atoms with Gasteiger partial charge in [0.2, 0.25) is 5.82 Å². The largest absolute Gasteiger partial charge is 0.378 e. The zero-order valence-electron chi connectivity index (χ0n) is 16.0. The van der Waals surface area contributed by atoms with Gasteiger partial charge in [-0.1, -0.05) is 24.3 Å². The van der Waals surface area contributed by atoms with Gasteiger partial charge in [0.05, 0.1) is 18.9 Å². The van der Waals surface area contributed by atoms with Gasteiger partial charge in [0.25, 0.3) is 11.8 Å². The van der Waals surface area contributed by atoms with Crippen molar-refractivity contribution in [3.8, 4) is 5.69 Å². The van der Waals surface area contributed by atoms with Gasteiger partial charge >= 0.3 is 0 Å². The fourth-order valence-corrected chi connectivity index (χ4v) is 3.13. The second-order valence-corrected chi connectivity index (χ2v) is 6.74. The SMILES string of the molecule is Cc1ccc(NC(=O)c2ncn(-c3ccccc3)n2)cc1C(=O)N1CCOCC1. The quantitative estimate of drug-likeness (QED) is 0.737. The van der Waals surface area contributed by atoms with E-state index < -0.39 is 5.91 Å². The van der Waals surface area contributed by atoms with E-state index >= 15 is 0 Å². The summed E-state index contributed by atoms with van der Waals surface area (Å²) in [6.45, 7) is 4.09. The molecule has 2 heterocycles. The molecule has 1 aliphatic rings. The molecule has 148 valence electrons. The van der Waals surface area contributed by atoms with Gasteiger partial charge in [-0.3, -0.25) is 9.59 Å². The van der Waals surface area contributed by atoms with Crippen LogP contribution in [-0.4, -0.2) is 57.8 Å². The second-order valence-electron chi connectivity index (χ2n) is 6.74. The first-order valence-electron chi connectivity index (χ1n) is 9.38. The first-order chi connectivity index (χ1) is 14.1. The molecule has 1 fully saturated rings. The van der Waals surface area contributed by atoms with E-state index in [4.69, 9.17) is 4.74 Å². The number of nitrogens with zero attached hydrogens (tertiary/aromatic N) is 4. The van der Waals surface area contributed by atoms with Crippen LogP contribution in [0.15, 0.2) is 54.9 Å². The first-order valence-corrected chi connectivity index (χ1v) is 9.38. The number of hydrogen-bond acceptors (Lipinski definition) is 5. The summed E-state index contributed by atoms with van der Waals surface area (Å²) in [4.78, 5) is 31.2. The fraction of sp³-hybridized carbons (Fsp3) is 0.238. The van der Waals surface area contributed by atoms with Crippen molar-refractivity contribution >= 4 is 17.5 Å². The molecule has 1 N–H and O–H groups in total. The zero-order valence-corrected chi connectivity index (χ0v) is 16.0. The minimum Gasteiger partial charge on any atom is -0.378 e. The van der Waals surface area contributed by atoms with Crippen LogP contribution in [0.4, 0.5) is 5.69 Å². The monoisotopic (exact) mass is 391 g/mol. The maximum absolute atomic E-state index is 12.8. The van der Waals surface area contributed by atoms with Crippen molar-refractivity contribution in [1.82, 2.24) is 19.7 Å². The van der Waals surface area contributed by atoms with E-state index in [0.29, 0.717) is 37.6 Å². The molecule has 2 amide bonds. The lowest BCUT2D eigenvalue weighted by molar-refractivity contribution is 0.0302. The number of carbonyl (C=O) groups is 2. The van der Waals surface area contributed by atoms with Crippen molar-refractivity contribution in [3.63, 3.8) is 0 Å². The van der Waals surface area contributed by atoms with Crippen LogP contribution in [0.1, 0.15) is 26.5 Å². The Morgan fingerprint density at radius 1 is 1.07 bits per heavy atom. The molecular formula is C21H21N5O3. The van der Waals surface area contributed by atoms with Crippen LogP contribution in [0.2, 0.25) is 0 Å². The van der Waals surface area contributed by atoms with E-state index in [1.165, 1.54) is 11.0 Å². The minimum absolute atomic E-state index is 0.0514. The van der Waals surface area contributed by atoms with Crippen molar-refractivity contribution in [3.05, 3.63) is 71.8 Å². The van der Waals surface area contributed by atoms with Crippen LogP contribution in [0.5, 0.6) is 0 Å². The number of anilines is 1. The highest BCUT2D eigenvalue weighted by molar-refractivity contribution is 6.03. The molecule has 0 radical (unpaired) electrons. The number of hydrogen-bond donors (Lipinski definition) is 1. The summed E-state index contributed by atoms with van der Waals surface area (Å²) >= 11 is 0. The maximum Gasteiger partial charge on any atom is 0.295 e. The molecule has 4 rings (SSSR count). The predicted molar refractivity (Wildman–Crippen MR) is 107 cm³/mol. The van der Waals surface area contributed by atoms with Gasteiger partial charge in [0.15, 0.2) is 0 Å². The molecule has 0 bridgehead atoms. The molecule has 3 aromatic rings. The molecule has 8 nitrogen and oxygen atoms in total. The molecule has 1 aromatic heterocycles. The highest BCUT2D eigenvalue weighted by Gasteiger charge is 2.21. The van der Waals surface area contributed by atoms with Gasteiger partial charge in [-0.25, -0.2) is 9.67 Å². The number of para-hydroxylation sites is 1. The summed E-state index contributed by atoms with van der Waals surface area (Å²) in [5.41, 5.74) is 2.75. The molecule has 0 aliphatic carbocycles. The van der Waals surface area contributed by atoms with Gasteiger partial charge < -0.3 is 15.0 Å². The molecule has 29 heavy (non-hydrogen) atoms. The highest BCUT2D eigenvalue weighted by Crippen LogP contribution is 2.18. The lowest BCUT2D eigenvalue weighted by atomic mass is 10.1. The first kappa shape index (κ1) is 18.8. The molecule has 0 spiro atoms. The average Bonchev–Trinajstić information content (AvgIpc) is 3.26. The summed E-state index contributed by atoms with van der Waals surface area (Å²) in [6.07, 6.45) is 1.49. The molecule has 8 heteroatoms. The normalized spacial score (nSPS) is 13.9. The third-order valence-corrected chi connectivity index (χ3v) is 4.74. The number of ether oxygens (including phenoxy) is 1. The van der Waals surface area contributed by atoms with Crippen molar-refractivity contribution in [2.24, 2.45) is 0 Å². The van der Waals surface area contributed by atoms with E-state index in [9.17, 15) is 9.59 Å². The summed E-state index contributed by atoms with van der Waals surface area (Å²) in [6, 6.07) is 14.7. The van der Waals surface area contributed by atoms with Crippen molar-refractivity contribution < 1.29 is 14.3 Å². The fourth-order valence-electron chi connectivity index (χ4n) is 3.13. The number of aryl methyl sites for hydroxylation is 1. The number of nitrogens with one attached hydrogen (secondary N) is 1. The molecule has 0 atom stereocenters. The smallest absolute Gasteiger partial charge is 0.295 e. The van der Waals surface area contributed by atoms with Crippen molar-refractivity contribution in [2.45, 2.75) is 6.92 Å². The Balaban J connectivity index is 1.50. The number of benzene rings is 2. The molecule has 0 unspecified atom stereocenters. The Kier molecular flexibility index (Phi) is 5.35. The molecule has 0 saturated carbocycles. The summed E-state index contributed by atoms with van der Waals surface area (Å²) in [5, 5.41) is 7.01. The Morgan fingerprint density at radius 3 is 2.59 bits per heavy atom.